The fraction of sp³-hybridized carbons (Fsp3) is 0.0909. The van der Waals surface area contributed by atoms with Crippen molar-refractivity contribution in [2.24, 2.45) is 0 Å². The van der Waals surface area contributed by atoms with Gasteiger partial charge in [0.1, 0.15) is 4.90 Å². The molecule has 0 fully saturated rings. The zero-order valence-electron chi connectivity index (χ0n) is 10.9. The Kier molecular flexibility index (Phi) is 4.32. The van der Waals surface area contributed by atoms with E-state index in [-0.39, 0.29) is 30.8 Å². The first-order valence-electron chi connectivity index (χ1n) is 4.43. The van der Waals surface area contributed by atoms with E-state index < -0.39 is 10.1 Å². The molecule has 0 bridgehead atoms. The minimum absolute atomic E-state index is 0. The molecular formula is C11H12MgO3S. The third-order valence-corrected chi connectivity index (χ3v) is 3.57. The maximum Gasteiger partial charge on any atom is 2.00 e. The molecule has 16 heavy (non-hydrogen) atoms. The van der Waals surface area contributed by atoms with Crippen molar-refractivity contribution < 1.29 is 15.5 Å². The summed E-state index contributed by atoms with van der Waals surface area (Å²) in [4.78, 5) is 0.211. The van der Waals surface area contributed by atoms with Gasteiger partial charge in [-0.2, -0.15) is 8.42 Å². The molecule has 2 aromatic carbocycles. The Morgan fingerprint density at radius 1 is 1.06 bits per heavy atom. The van der Waals surface area contributed by atoms with Crippen LogP contribution in [0.3, 0.4) is 0 Å². The Bertz CT molecular complexity index is 597. The van der Waals surface area contributed by atoms with E-state index in [1.807, 2.05) is 18.2 Å². The average molecular weight is 249 g/mol. The van der Waals surface area contributed by atoms with Crippen molar-refractivity contribution in [3.63, 3.8) is 0 Å². The van der Waals surface area contributed by atoms with Crippen LogP contribution in [-0.4, -0.2) is 38.6 Å². The molecule has 82 valence electrons. The molecule has 0 aliphatic carbocycles. The van der Waals surface area contributed by atoms with Gasteiger partial charge in [-0.1, -0.05) is 36.4 Å². The largest absolute Gasteiger partial charge is 2.00 e. The Labute approximate surface area is 114 Å². The second-order valence-corrected chi connectivity index (χ2v) is 4.78. The molecule has 5 heteroatoms. The molecular weight excluding hydrogens is 236 g/mol. The molecule has 0 saturated heterocycles. The molecule has 0 saturated carbocycles. The zero-order valence-corrected chi connectivity index (χ0v) is 11.1. The molecule has 0 aliphatic rings. The molecule has 0 radical (unpaired) electrons. The molecule has 0 aliphatic heterocycles. The average Bonchev–Trinajstić information content (AvgIpc) is 2.28. The number of benzene rings is 2. The molecule has 3 nitrogen and oxygen atoms in total. The summed E-state index contributed by atoms with van der Waals surface area (Å²) in [6.07, 6.45) is 0. The Hall–Kier alpha value is -0.624. The van der Waals surface area contributed by atoms with Crippen molar-refractivity contribution in [3.05, 3.63) is 42.5 Å². The summed E-state index contributed by atoms with van der Waals surface area (Å²) in [5.41, 5.74) is 0. The number of rotatable bonds is 2. The van der Waals surface area contributed by atoms with E-state index in [1.165, 1.54) is 0 Å². The van der Waals surface area contributed by atoms with E-state index >= 15 is 0 Å². The van der Waals surface area contributed by atoms with E-state index in [4.69, 9.17) is 0 Å². The first kappa shape index (κ1) is 13.4. The van der Waals surface area contributed by atoms with Gasteiger partial charge in [0.05, 0.1) is 7.11 Å². The van der Waals surface area contributed by atoms with Gasteiger partial charge in [0, 0.05) is 5.39 Å². The summed E-state index contributed by atoms with van der Waals surface area (Å²) in [7, 11) is -2.46. The molecule has 2 rings (SSSR count). The number of fused-ring (bicyclic) bond motifs is 1. The van der Waals surface area contributed by atoms with Gasteiger partial charge < -0.3 is 2.85 Å². The smallest absolute Gasteiger partial charge is 1.00 e. The first-order valence-corrected chi connectivity index (χ1v) is 5.84. The quantitative estimate of drug-likeness (QED) is 0.603. The SMILES string of the molecule is COS(=O)(=O)c1cccc2ccccc12.[H-].[H-].[Mg+2]. The van der Waals surface area contributed by atoms with Crippen LogP contribution in [0.5, 0.6) is 0 Å². The van der Waals surface area contributed by atoms with Crippen molar-refractivity contribution in [1.29, 1.82) is 0 Å². The van der Waals surface area contributed by atoms with Gasteiger partial charge in [-0.15, -0.1) is 0 Å². The summed E-state index contributed by atoms with van der Waals surface area (Å²) < 4.78 is 27.7. The Balaban J connectivity index is 0. The van der Waals surface area contributed by atoms with Crippen LogP contribution < -0.4 is 0 Å². The van der Waals surface area contributed by atoms with E-state index in [2.05, 4.69) is 4.18 Å². The van der Waals surface area contributed by atoms with Crippen molar-refractivity contribution in [3.8, 4) is 0 Å². The zero-order chi connectivity index (χ0) is 10.9. The second kappa shape index (κ2) is 5.14. The van der Waals surface area contributed by atoms with Crippen LogP contribution >= 0.6 is 0 Å². The minimum Gasteiger partial charge on any atom is -1.00 e. The topological polar surface area (TPSA) is 43.4 Å². The van der Waals surface area contributed by atoms with E-state index in [0.717, 1.165) is 12.5 Å². The third kappa shape index (κ3) is 2.37. The van der Waals surface area contributed by atoms with Gasteiger partial charge in [0.15, 0.2) is 0 Å². The fourth-order valence-electron chi connectivity index (χ4n) is 1.50. The Morgan fingerprint density at radius 2 is 1.69 bits per heavy atom. The standard InChI is InChI=1S/C11H10O3S.Mg.2H/c1-14-15(12,13)11-8-4-6-9-5-2-3-7-10(9)11;;;/h2-8H,1H3;;;/q;+2;2*-1. The molecule has 2 aromatic rings. The molecule has 0 amide bonds. The number of hydrogen-bond donors (Lipinski definition) is 0. The van der Waals surface area contributed by atoms with Gasteiger partial charge in [-0.3, -0.25) is 4.18 Å². The third-order valence-electron chi connectivity index (χ3n) is 2.24. The van der Waals surface area contributed by atoms with Gasteiger partial charge in [-0.05, 0) is 11.5 Å². The summed E-state index contributed by atoms with van der Waals surface area (Å²) >= 11 is 0. The summed E-state index contributed by atoms with van der Waals surface area (Å²) in [5, 5.41) is 1.57. The molecule has 0 aromatic heterocycles. The van der Waals surface area contributed by atoms with E-state index in [9.17, 15) is 8.42 Å². The van der Waals surface area contributed by atoms with Crippen molar-refractivity contribution in [2.75, 3.05) is 7.11 Å². The Morgan fingerprint density at radius 3 is 2.38 bits per heavy atom. The van der Waals surface area contributed by atoms with E-state index in [0.29, 0.717) is 5.39 Å². The predicted molar refractivity (Wildman–Crippen MR) is 66.1 cm³/mol. The fourth-order valence-corrected chi connectivity index (χ4v) is 2.38. The van der Waals surface area contributed by atoms with Crippen LogP contribution in [0.2, 0.25) is 0 Å². The summed E-state index contributed by atoms with van der Waals surface area (Å²) in [6.45, 7) is 0. The minimum atomic E-state index is -3.62. The monoisotopic (exact) mass is 248 g/mol. The van der Waals surface area contributed by atoms with Crippen LogP contribution in [0.1, 0.15) is 2.85 Å². The molecule has 0 atom stereocenters. The predicted octanol–water partition coefficient (Wildman–Crippen LogP) is 2.02. The van der Waals surface area contributed by atoms with Crippen molar-refractivity contribution in [2.45, 2.75) is 4.90 Å². The maximum absolute atomic E-state index is 11.6. The molecule has 0 spiro atoms. The second-order valence-electron chi connectivity index (χ2n) is 3.10. The van der Waals surface area contributed by atoms with Crippen LogP contribution in [0, 0.1) is 0 Å². The molecule has 0 N–H and O–H groups in total. The van der Waals surface area contributed by atoms with Crippen molar-refractivity contribution in [1.82, 2.24) is 0 Å². The van der Waals surface area contributed by atoms with Gasteiger partial charge in [0.2, 0.25) is 0 Å². The van der Waals surface area contributed by atoms with Crippen LogP contribution in [0.25, 0.3) is 10.8 Å². The summed E-state index contributed by atoms with van der Waals surface area (Å²) in [5.74, 6) is 0. The molecule has 0 heterocycles. The van der Waals surface area contributed by atoms with Gasteiger partial charge in [0.25, 0.3) is 10.1 Å². The van der Waals surface area contributed by atoms with Gasteiger partial charge >= 0.3 is 23.1 Å². The first-order chi connectivity index (χ1) is 7.15. The van der Waals surface area contributed by atoms with Crippen LogP contribution in [0.15, 0.2) is 47.4 Å². The summed E-state index contributed by atoms with van der Waals surface area (Å²) in [6, 6.07) is 12.4. The van der Waals surface area contributed by atoms with Crippen LogP contribution in [-0.2, 0) is 14.3 Å². The van der Waals surface area contributed by atoms with Crippen molar-refractivity contribution >= 4 is 43.9 Å². The number of hydrogen-bond acceptors (Lipinski definition) is 3. The molecule has 0 unspecified atom stereocenters. The maximum atomic E-state index is 11.6. The van der Waals surface area contributed by atoms with Gasteiger partial charge in [-0.25, -0.2) is 0 Å². The van der Waals surface area contributed by atoms with Crippen LogP contribution in [0.4, 0.5) is 0 Å². The normalized spacial score (nSPS) is 11.1. The van der Waals surface area contributed by atoms with E-state index in [1.54, 1.807) is 24.3 Å².